The van der Waals surface area contributed by atoms with E-state index in [4.69, 9.17) is 10.2 Å². The van der Waals surface area contributed by atoms with E-state index in [-0.39, 0.29) is 5.69 Å². The van der Waals surface area contributed by atoms with E-state index in [0.29, 0.717) is 12.4 Å². The fourth-order valence-corrected chi connectivity index (χ4v) is 1.08. The number of rotatable bonds is 3. The molecule has 5 heteroatoms. The minimum atomic E-state index is -1.05. The molecule has 0 aromatic carbocycles. The van der Waals surface area contributed by atoms with Crippen molar-refractivity contribution in [1.29, 1.82) is 0 Å². The molecule has 72 valence electrons. The van der Waals surface area contributed by atoms with Crippen LogP contribution in [0.15, 0.2) is 6.20 Å². The molecule has 1 aromatic rings. The molecule has 2 N–H and O–H groups in total. The maximum atomic E-state index is 10.5. The molecule has 1 aromatic heterocycles. The molecule has 0 saturated carbocycles. The van der Waals surface area contributed by atoms with Gasteiger partial charge in [-0.15, -0.1) is 0 Å². The lowest BCUT2D eigenvalue weighted by atomic mass is 10.4. The van der Waals surface area contributed by atoms with E-state index in [1.165, 1.54) is 6.20 Å². The van der Waals surface area contributed by atoms with E-state index >= 15 is 0 Å². The third-order valence-electron chi connectivity index (χ3n) is 1.66. The minimum absolute atomic E-state index is 0.0122. The Kier molecular flexibility index (Phi) is 2.67. The summed E-state index contributed by atoms with van der Waals surface area (Å²) in [6.07, 6.45) is 0.916. The first-order valence-corrected chi connectivity index (χ1v) is 3.96. The van der Waals surface area contributed by atoms with Crippen LogP contribution in [-0.2, 0) is 6.54 Å². The average Bonchev–Trinajstić information content (AvgIpc) is 2.31. The Balaban J connectivity index is 2.90. The molecule has 5 nitrogen and oxygen atoms in total. The summed E-state index contributed by atoms with van der Waals surface area (Å²) in [5, 5.41) is 17.7. The van der Waals surface area contributed by atoms with Gasteiger partial charge in [0.2, 0.25) is 0 Å². The zero-order chi connectivity index (χ0) is 10.0. The molecule has 1 rings (SSSR count). The SMILES string of the molecule is Cc1nc(C(=O)O)cn1C[C@H](C)O. The summed E-state index contributed by atoms with van der Waals surface area (Å²) < 4.78 is 1.62. The third-order valence-corrected chi connectivity index (χ3v) is 1.66. The van der Waals surface area contributed by atoms with E-state index < -0.39 is 12.1 Å². The van der Waals surface area contributed by atoms with Crippen LogP contribution in [0.1, 0.15) is 23.2 Å². The van der Waals surface area contributed by atoms with Crippen LogP contribution in [0.5, 0.6) is 0 Å². The second-order valence-electron chi connectivity index (χ2n) is 2.98. The summed E-state index contributed by atoms with van der Waals surface area (Å²) >= 11 is 0. The van der Waals surface area contributed by atoms with Crippen LogP contribution in [-0.4, -0.2) is 31.8 Å². The van der Waals surface area contributed by atoms with Crippen LogP contribution in [0.2, 0.25) is 0 Å². The molecule has 0 spiro atoms. The van der Waals surface area contributed by atoms with E-state index in [1.54, 1.807) is 18.4 Å². The predicted molar refractivity (Wildman–Crippen MR) is 45.6 cm³/mol. The smallest absolute Gasteiger partial charge is 0.356 e. The summed E-state index contributed by atoms with van der Waals surface area (Å²) in [5.74, 6) is -0.453. The van der Waals surface area contributed by atoms with E-state index in [2.05, 4.69) is 4.98 Å². The second-order valence-corrected chi connectivity index (χ2v) is 2.98. The number of nitrogens with zero attached hydrogens (tertiary/aromatic N) is 2. The van der Waals surface area contributed by atoms with Crippen LogP contribution in [0.3, 0.4) is 0 Å². The van der Waals surface area contributed by atoms with Gasteiger partial charge in [-0.2, -0.15) is 0 Å². The average molecular weight is 184 g/mol. The molecular formula is C8H12N2O3. The lowest BCUT2D eigenvalue weighted by Crippen LogP contribution is -2.12. The van der Waals surface area contributed by atoms with Crippen LogP contribution in [0.25, 0.3) is 0 Å². The molecule has 0 saturated heterocycles. The van der Waals surface area contributed by atoms with Crippen molar-refractivity contribution in [2.45, 2.75) is 26.5 Å². The molecule has 1 atom stereocenters. The lowest BCUT2D eigenvalue weighted by Gasteiger charge is -2.05. The number of aromatic carboxylic acids is 1. The molecule has 0 aliphatic heterocycles. The van der Waals surface area contributed by atoms with E-state index in [9.17, 15) is 4.79 Å². The first kappa shape index (κ1) is 9.73. The van der Waals surface area contributed by atoms with Crippen LogP contribution in [0, 0.1) is 6.92 Å². The van der Waals surface area contributed by atoms with Gasteiger partial charge in [-0.1, -0.05) is 0 Å². The summed E-state index contributed by atoms with van der Waals surface area (Å²) in [4.78, 5) is 14.3. The highest BCUT2D eigenvalue weighted by atomic mass is 16.4. The number of hydrogen-bond acceptors (Lipinski definition) is 3. The topological polar surface area (TPSA) is 75.3 Å². The number of aromatic nitrogens is 2. The number of hydrogen-bond donors (Lipinski definition) is 2. The second kappa shape index (κ2) is 3.57. The standard InChI is InChI=1S/C8H12N2O3/c1-5(11)3-10-4-7(8(12)13)9-6(10)2/h4-5,11H,3H2,1-2H3,(H,12,13)/t5-/m0/s1. The summed E-state index contributed by atoms with van der Waals surface area (Å²) in [5.41, 5.74) is 0.0122. The Morgan fingerprint density at radius 3 is 2.77 bits per heavy atom. The van der Waals surface area contributed by atoms with Crippen LogP contribution < -0.4 is 0 Å². The Morgan fingerprint density at radius 1 is 1.77 bits per heavy atom. The number of carbonyl (C=O) groups is 1. The number of carboxylic acids is 1. The lowest BCUT2D eigenvalue weighted by molar-refractivity contribution is 0.0690. The fraction of sp³-hybridized carbons (Fsp3) is 0.500. The summed E-state index contributed by atoms with van der Waals surface area (Å²) in [7, 11) is 0. The fourth-order valence-electron chi connectivity index (χ4n) is 1.08. The number of aliphatic hydroxyl groups excluding tert-OH is 1. The van der Waals surface area contributed by atoms with Crippen molar-refractivity contribution in [3.63, 3.8) is 0 Å². The maximum absolute atomic E-state index is 10.5. The molecule has 0 radical (unpaired) electrons. The zero-order valence-corrected chi connectivity index (χ0v) is 7.56. The Bertz CT molecular complexity index is 317. The van der Waals surface area contributed by atoms with Gasteiger partial charge in [0, 0.05) is 12.7 Å². The van der Waals surface area contributed by atoms with Gasteiger partial charge in [-0.3, -0.25) is 0 Å². The normalized spacial score (nSPS) is 12.8. The van der Waals surface area contributed by atoms with Crippen LogP contribution in [0.4, 0.5) is 0 Å². The Morgan fingerprint density at radius 2 is 2.38 bits per heavy atom. The van der Waals surface area contributed by atoms with Gasteiger partial charge in [0.1, 0.15) is 5.82 Å². The van der Waals surface area contributed by atoms with Gasteiger partial charge in [0.05, 0.1) is 6.10 Å². The van der Waals surface area contributed by atoms with Gasteiger partial charge in [0.15, 0.2) is 5.69 Å². The zero-order valence-electron chi connectivity index (χ0n) is 7.56. The number of aryl methyl sites for hydroxylation is 1. The molecule has 0 aliphatic carbocycles. The van der Waals surface area contributed by atoms with Crippen molar-refractivity contribution in [3.05, 3.63) is 17.7 Å². The molecule has 0 aliphatic rings. The maximum Gasteiger partial charge on any atom is 0.356 e. The Hall–Kier alpha value is -1.36. The largest absolute Gasteiger partial charge is 0.476 e. The minimum Gasteiger partial charge on any atom is -0.476 e. The highest BCUT2D eigenvalue weighted by Crippen LogP contribution is 2.03. The van der Waals surface area contributed by atoms with Crippen molar-refractivity contribution in [2.24, 2.45) is 0 Å². The molecule has 0 fully saturated rings. The molecule has 0 amide bonds. The quantitative estimate of drug-likeness (QED) is 0.707. The van der Waals surface area contributed by atoms with E-state index in [0.717, 1.165) is 0 Å². The van der Waals surface area contributed by atoms with Crippen molar-refractivity contribution >= 4 is 5.97 Å². The summed E-state index contributed by atoms with van der Waals surface area (Å²) in [6, 6.07) is 0. The molecular weight excluding hydrogens is 172 g/mol. The monoisotopic (exact) mass is 184 g/mol. The third kappa shape index (κ3) is 2.29. The Labute approximate surface area is 75.6 Å². The predicted octanol–water partition coefficient (Wildman–Crippen LogP) is 0.271. The summed E-state index contributed by atoms with van der Waals surface area (Å²) in [6.45, 7) is 3.71. The first-order chi connectivity index (χ1) is 6.00. The van der Waals surface area contributed by atoms with Gasteiger partial charge in [0.25, 0.3) is 0 Å². The molecule has 1 heterocycles. The molecule has 0 unspecified atom stereocenters. The van der Waals surface area contributed by atoms with Gasteiger partial charge in [-0.05, 0) is 13.8 Å². The van der Waals surface area contributed by atoms with Crippen molar-refractivity contribution in [2.75, 3.05) is 0 Å². The molecule has 0 bridgehead atoms. The van der Waals surface area contributed by atoms with E-state index in [1.807, 2.05) is 0 Å². The van der Waals surface area contributed by atoms with Gasteiger partial charge in [-0.25, -0.2) is 9.78 Å². The number of imidazole rings is 1. The number of carboxylic acid groups (broad SMARTS) is 1. The van der Waals surface area contributed by atoms with Crippen molar-refractivity contribution in [3.8, 4) is 0 Å². The first-order valence-electron chi connectivity index (χ1n) is 3.96. The highest BCUT2D eigenvalue weighted by molar-refractivity contribution is 5.85. The molecule has 13 heavy (non-hydrogen) atoms. The van der Waals surface area contributed by atoms with Gasteiger partial charge < -0.3 is 14.8 Å². The van der Waals surface area contributed by atoms with Gasteiger partial charge >= 0.3 is 5.97 Å². The number of aliphatic hydroxyl groups is 1. The van der Waals surface area contributed by atoms with Crippen molar-refractivity contribution in [1.82, 2.24) is 9.55 Å². The van der Waals surface area contributed by atoms with Crippen LogP contribution >= 0.6 is 0 Å². The highest BCUT2D eigenvalue weighted by Gasteiger charge is 2.10. The van der Waals surface area contributed by atoms with Crippen molar-refractivity contribution < 1.29 is 15.0 Å².